The average Bonchev–Trinajstić information content (AvgIpc) is 2.60. The molecule has 7 atom stereocenters. The van der Waals surface area contributed by atoms with Gasteiger partial charge in [-0.15, -0.1) is 0 Å². The molecule has 7 unspecified atom stereocenters. The van der Waals surface area contributed by atoms with Gasteiger partial charge in [0.25, 0.3) is 0 Å². The van der Waals surface area contributed by atoms with E-state index in [9.17, 15) is 13.2 Å². The topological polar surface area (TPSA) is 18.5 Å². The van der Waals surface area contributed by atoms with E-state index in [-0.39, 0.29) is 12.0 Å². The summed E-state index contributed by atoms with van der Waals surface area (Å²) in [7, 11) is 0. The smallest absolute Gasteiger partial charge is 0.157 e. The number of ether oxygens (including phenoxy) is 2. The van der Waals surface area contributed by atoms with Crippen LogP contribution in [0, 0.1) is 11.8 Å². The summed E-state index contributed by atoms with van der Waals surface area (Å²) in [4.78, 5) is 0. The minimum absolute atomic E-state index is 0.0641. The predicted molar refractivity (Wildman–Crippen MR) is 94.0 cm³/mol. The van der Waals surface area contributed by atoms with E-state index in [4.69, 9.17) is 9.47 Å². The van der Waals surface area contributed by atoms with Crippen molar-refractivity contribution in [3.05, 3.63) is 0 Å². The molecule has 0 aromatic heterocycles. The lowest BCUT2D eigenvalue weighted by atomic mass is 9.70. The van der Waals surface area contributed by atoms with Crippen molar-refractivity contribution in [1.29, 1.82) is 0 Å². The molecule has 0 saturated heterocycles. The van der Waals surface area contributed by atoms with Gasteiger partial charge in [-0.1, -0.05) is 26.7 Å². The molecule has 0 N–H and O–H groups in total. The van der Waals surface area contributed by atoms with Gasteiger partial charge in [0.15, 0.2) is 6.17 Å². The number of unbranched alkanes of at least 4 members (excludes halogenated alkanes) is 2. The quantitative estimate of drug-likeness (QED) is 0.497. The molecule has 2 saturated carbocycles. The Morgan fingerprint density at radius 3 is 2.04 bits per heavy atom. The van der Waals surface area contributed by atoms with Gasteiger partial charge < -0.3 is 9.47 Å². The molecule has 0 heterocycles. The number of rotatable bonds is 9. The maximum atomic E-state index is 14.7. The van der Waals surface area contributed by atoms with Gasteiger partial charge >= 0.3 is 0 Å². The summed E-state index contributed by atoms with van der Waals surface area (Å²) < 4.78 is 55.0. The maximum Gasteiger partial charge on any atom is 0.157 e. The van der Waals surface area contributed by atoms with Crippen LogP contribution >= 0.6 is 0 Å². The summed E-state index contributed by atoms with van der Waals surface area (Å²) in [5.74, 6) is -0.900. The first-order chi connectivity index (χ1) is 12.1. The SMILES string of the molecule is CCCCOC1CCC(C2CCC(OCCCC)C(F)C2F)C(F)C1. The zero-order chi connectivity index (χ0) is 18.2. The minimum atomic E-state index is -1.62. The van der Waals surface area contributed by atoms with Gasteiger partial charge in [-0.05, 0) is 50.4 Å². The van der Waals surface area contributed by atoms with Gasteiger partial charge in [-0.3, -0.25) is 0 Å². The molecule has 0 aromatic carbocycles. The van der Waals surface area contributed by atoms with Crippen LogP contribution < -0.4 is 0 Å². The fourth-order valence-corrected chi connectivity index (χ4v) is 4.25. The molecule has 0 bridgehead atoms. The Bertz CT molecular complexity index is 369. The Morgan fingerprint density at radius 2 is 1.40 bits per heavy atom. The predicted octanol–water partition coefficient (Wildman–Crippen LogP) is 5.58. The summed E-state index contributed by atoms with van der Waals surface area (Å²) in [5, 5.41) is 0. The van der Waals surface area contributed by atoms with Crippen LogP contribution in [0.4, 0.5) is 13.2 Å². The Morgan fingerprint density at radius 1 is 0.760 bits per heavy atom. The number of halogens is 3. The van der Waals surface area contributed by atoms with Crippen LogP contribution in [0.15, 0.2) is 0 Å². The first-order valence-corrected chi connectivity index (χ1v) is 10.2. The van der Waals surface area contributed by atoms with Crippen molar-refractivity contribution in [2.24, 2.45) is 11.8 Å². The molecular weight excluding hydrogens is 329 g/mol. The number of alkyl halides is 3. The summed E-state index contributed by atoms with van der Waals surface area (Å²) >= 11 is 0. The monoisotopic (exact) mass is 364 g/mol. The number of hydrogen-bond acceptors (Lipinski definition) is 2. The fraction of sp³-hybridized carbons (Fsp3) is 1.00. The van der Waals surface area contributed by atoms with Crippen molar-refractivity contribution < 1.29 is 22.6 Å². The molecule has 0 aliphatic heterocycles. The zero-order valence-corrected chi connectivity index (χ0v) is 15.8. The Labute approximate surface area is 150 Å². The van der Waals surface area contributed by atoms with Crippen LogP contribution in [0.3, 0.4) is 0 Å². The molecule has 0 spiro atoms. The molecule has 0 amide bonds. The molecule has 0 radical (unpaired) electrons. The lowest BCUT2D eigenvalue weighted by Crippen LogP contribution is -2.48. The fourth-order valence-electron chi connectivity index (χ4n) is 4.25. The third-order valence-electron chi connectivity index (χ3n) is 5.86. The highest BCUT2D eigenvalue weighted by atomic mass is 19.2. The third kappa shape index (κ3) is 5.85. The molecule has 148 valence electrons. The number of hydrogen-bond donors (Lipinski definition) is 0. The van der Waals surface area contributed by atoms with Crippen molar-refractivity contribution in [2.45, 2.75) is 102 Å². The molecular formula is C20H35F3O2. The molecule has 2 rings (SSSR count). The molecule has 0 aromatic rings. The van der Waals surface area contributed by atoms with Crippen LogP contribution in [0.1, 0.15) is 71.6 Å². The van der Waals surface area contributed by atoms with Crippen LogP contribution in [-0.4, -0.2) is 43.9 Å². The van der Waals surface area contributed by atoms with E-state index in [1.54, 1.807) is 0 Å². The van der Waals surface area contributed by atoms with Gasteiger partial charge in [0, 0.05) is 19.6 Å². The summed E-state index contributed by atoms with van der Waals surface area (Å²) in [5.41, 5.74) is 0. The molecule has 2 aliphatic carbocycles. The van der Waals surface area contributed by atoms with Gasteiger partial charge in [-0.2, -0.15) is 0 Å². The average molecular weight is 364 g/mol. The normalized spacial score (nSPS) is 39.5. The van der Waals surface area contributed by atoms with Crippen LogP contribution in [0.5, 0.6) is 0 Å². The van der Waals surface area contributed by atoms with Crippen LogP contribution in [0.2, 0.25) is 0 Å². The first kappa shape index (κ1) is 21.0. The van der Waals surface area contributed by atoms with Crippen molar-refractivity contribution >= 4 is 0 Å². The highest BCUT2D eigenvalue weighted by Gasteiger charge is 2.47. The molecule has 25 heavy (non-hydrogen) atoms. The largest absolute Gasteiger partial charge is 0.378 e. The Balaban J connectivity index is 1.81. The summed E-state index contributed by atoms with van der Waals surface area (Å²) in [6.45, 7) is 5.27. The van der Waals surface area contributed by atoms with E-state index >= 15 is 0 Å². The molecule has 2 fully saturated rings. The van der Waals surface area contributed by atoms with E-state index in [0.29, 0.717) is 38.9 Å². The van der Waals surface area contributed by atoms with Crippen molar-refractivity contribution in [3.63, 3.8) is 0 Å². The van der Waals surface area contributed by atoms with Gasteiger partial charge in [0.2, 0.25) is 0 Å². The maximum absolute atomic E-state index is 14.7. The highest BCUT2D eigenvalue weighted by Crippen LogP contribution is 2.43. The van der Waals surface area contributed by atoms with Crippen LogP contribution in [0.25, 0.3) is 0 Å². The second-order valence-corrected chi connectivity index (χ2v) is 7.73. The van der Waals surface area contributed by atoms with Crippen LogP contribution in [-0.2, 0) is 9.47 Å². The highest BCUT2D eigenvalue weighted by molar-refractivity contribution is 4.95. The Hall–Kier alpha value is -0.290. The lowest BCUT2D eigenvalue weighted by molar-refractivity contribution is -0.102. The second-order valence-electron chi connectivity index (χ2n) is 7.73. The summed E-state index contributed by atoms with van der Waals surface area (Å²) in [6.07, 6.45) is 1.50. The van der Waals surface area contributed by atoms with E-state index in [1.807, 2.05) is 6.92 Å². The van der Waals surface area contributed by atoms with E-state index in [0.717, 1.165) is 32.1 Å². The van der Waals surface area contributed by atoms with E-state index in [2.05, 4.69) is 6.92 Å². The first-order valence-electron chi connectivity index (χ1n) is 10.2. The van der Waals surface area contributed by atoms with Gasteiger partial charge in [0.05, 0.1) is 12.2 Å². The second kappa shape index (κ2) is 10.8. The van der Waals surface area contributed by atoms with Gasteiger partial charge in [-0.25, -0.2) is 13.2 Å². The molecule has 2 nitrogen and oxygen atoms in total. The standard InChI is InChI=1S/C20H35F3O2/c1-3-5-11-24-14-7-8-15(17(21)13-14)16-9-10-18(20(23)19(16)22)25-12-6-4-2/h14-20H,3-13H2,1-2H3. The van der Waals surface area contributed by atoms with Gasteiger partial charge in [0.1, 0.15) is 12.3 Å². The van der Waals surface area contributed by atoms with Crippen molar-refractivity contribution in [1.82, 2.24) is 0 Å². The van der Waals surface area contributed by atoms with Crippen molar-refractivity contribution in [3.8, 4) is 0 Å². The van der Waals surface area contributed by atoms with Crippen molar-refractivity contribution in [2.75, 3.05) is 13.2 Å². The zero-order valence-electron chi connectivity index (χ0n) is 15.8. The Kier molecular flexibility index (Phi) is 9.05. The molecule has 5 heteroatoms. The summed E-state index contributed by atoms with van der Waals surface area (Å²) in [6, 6.07) is 0. The van der Waals surface area contributed by atoms with E-state index in [1.165, 1.54) is 0 Å². The van der Waals surface area contributed by atoms with E-state index < -0.39 is 30.5 Å². The molecule has 2 aliphatic rings. The third-order valence-corrected chi connectivity index (χ3v) is 5.86. The lowest BCUT2D eigenvalue weighted by Gasteiger charge is -2.42. The minimum Gasteiger partial charge on any atom is -0.378 e.